The molecule has 0 aliphatic heterocycles. The molecule has 0 heterocycles. The van der Waals surface area contributed by atoms with E-state index >= 15 is 0 Å². The van der Waals surface area contributed by atoms with E-state index in [1.54, 1.807) is 0 Å². The number of anilines is 1. The van der Waals surface area contributed by atoms with Crippen molar-refractivity contribution in [2.75, 3.05) is 5.32 Å². The molecule has 1 amide bonds. The minimum absolute atomic E-state index is 0.0337. The van der Waals surface area contributed by atoms with Crippen LogP contribution in [-0.4, -0.2) is 17.1 Å². The molecule has 128 valence electrons. The standard InChI is InChI=1S/C18H28N2O2S/c1-4-5-6-7-8-12-17(21)20-18(23)19-15-10-9-11-16(13-15)22-14(2)3/h9-11,13-14H,4-8,12H2,1-3H3,(H2,19,20,21,23). The maximum Gasteiger partial charge on any atom is 0.226 e. The van der Waals surface area contributed by atoms with E-state index in [-0.39, 0.29) is 12.0 Å². The zero-order chi connectivity index (χ0) is 17.1. The van der Waals surface area contributed by atoms with Crippen LogP contribution in [0.5, 0.6) is 5.75 Å². The molecule has 0 spiro atoms. The first kappa shape index (κ1) is 19.4. The van der Waals surface area contributed by atoms with Gasteiger partial charge in [0.05, 0.1) is 6.10 Å². The molecule has 1 aromatic carbocycles. The van der Waals surface area contributed by atoms with Crippen LogP contribution in [0.2, 0.25) is 0 Å². The Hall–Kier alpha value is -1.62. The number of unbranched alkanes of at least 4 members (excludes halogenated alkanes) is 4. The Morgan fingerprint density at radius 3 is 2.65 bits per heavy atom. The van der Waals surface area contributed by atoms with Crippen LogP contribution in [-0.2, 0) is 4.79 Å². The molecule has 0 saturated heterocycles. The Morgan fingerprint density at radius 2 is 1.96 bits per heavy atom. The highest BCUT2D eigenvalue weighted by atomic mass is 32.1. The summed E-state index contributed by atoms with van der Waals surface area (Å²) in [5.74, 6) is 0.739. The zero-order valence-corrected chi connectivity index (χ0v) is 15.2. The zero-order valence-electron chi connectivity index (χ0n) is 14.4. The molecule has 1 rings (SSSR count). The third-order valence-corrected chi connectivity index (χ3v) is 3.43. The fourth-order valence-electron chi connectivity index (χ4n) is 2.16. The first-order valence-corrected chi connectivity index (χ1v) is 8.79. The molecule has 0 bridgehead atoms. The monoisotopic (exact) mass is 336 g/mol. The van der Waals surface area contributed by atoms with Crippen LogP contribution in [0, 0.1) is 0 Å². The van der Waals surface area contributed by atoms with E-state index in [0.29, 0.717) is 11.5 Å². The van der Waals surface area contributed by atoms with Gasteiger partial charge in [-0.3, -0.25) is 4.79 Å². The summed E-state index contributed by atoms with van der Waals surface area (Å²) in [5.41, 5.74) is 0.802. The third-order valence-electron chi connectivity index (χ3n) is 3.22. The van der Waals surface area contributed by atoms with Gasteiger partial charge in [0.15, 0.2) is 5.11 Å². The van der Waals surface area contributed by atoms with Crippen molar-refractivity contribution in [1.29, 1.82) is 0 Å². The first-order chi connectivity index (χ1) is 11.0. The minimum Gasteiger partial charge on any atom is -0.491 e. The summed E-state index contributed by atoms with van der Waals surface area (Å²) in [5, 5.41) is 6.06. The molecule has 0 atom stereocenters. The van der Waals surface area contributed by atoms with Crippen LogP contribution in [0.25, 0.3) is 0 Å². The predicted octanol–water partition coefficient (Wildman–Crippen LogP) is 4.65. The Kier molecular flexibility index (Phi) is 9.29. The van der Waals surface area contributed by atoms with Gasteiger partial charge in [-0.15, -0.1) is 0 Å². The highest BCUT2D eigenvalue weighted by Gasteiger charge is 2.06. The summed E-state index contributed by atoms with van der Waals surface area (Å²) < 4.78 is 5.63. The number of hydrogen-bond donors (Lipinski definition) is 2. The van der Waals surface area contributed by atoms with Gasteiger partial charge in [-0.05, 0) is 44.6 Å². The average molecular weight is 337 g/mol. The lowest BCUT2D eigenvalue weighted by Crippen LogP contribution is -2.33. The predicted molar refractivity (Wildman–Crippen MR) is 99.9 cm³/mol. The summed E-state index contributed by atoms with van der Waals surface area (Å²) in [6.07, 6.45) is 6.26. The van der Waals surface area contributed by atoms with Gasteiger partial charge < -0.3 is 15.4 Å². The number of ether oxygens (including phenoxy) is 1. The second kappa shape index (κ2) is 11.0. The molecule has 23 heavy (non-hydrogen) atoms. The van der Waals surface area contributed by atoms with E-state index in [1.165, 1.54) is 19.3 Å². The van der Waals surface area contributed by atoms with E-state index in [0.717, 1.165) is 24.3 Å². The third kappa shape index (κ3) is 9.18. The highest BCUT2D eigenvalue weighted by Crippen LogP contribution is 2.18. The van der Waals surface area contributed by atoms with Gasteiger partial charge in [-0.2, -0.15) is 0 Å². The van der Waals surface area contributed by atoms with Crippen LogP contribution in [0.15, 0.2) is 24.3 Å². The summed E-state index contributed by atoms with van der Waals surface area (Å²) in [7, 11) is 0. The normalized spacial score (nSPS) is 10.4. The van der Waals surface area contributed by atoms with E-state index in [4.69, 9.17) is 17.0 Å². The Balaban J connectivity index is 2.34. The van der Waals surface area contributed by atoms with Gasteiger partial charge in [-0.25, -0.2) is 0 Å². The number of nitrogens with one attached hydrogen (secondary N) is 2. The topological polar surface area (TPSA) is 50.4 Å². The molecule has 1 aromatic rings. The van der Waals surface area contributed by atoms with Crippen molar-refractivity contribution < 1.29 is 9.53 Å². The maximum absolute atomic E-state index is 11.8. The largest absolute Gasteiger partial charge is 0.491 e. The van der Waals surface area contributed by atoms with E-state index < -0.39 is 0 Å². The van der Waals surface area contributed by atoms with Crippen molar-refractivity contribution >= 4 is 28.9 Å². The summed E-state index contributed by atoms with van der Waals surface area (Å²) in [6, 6.07) is 7.53. The molecule has 0 radical (unpaired) electrons. The van der Waals surface area contributed by atoms with Crippen LogP contribution in [0.3, 0.4) is 0 Å². The maximum atomic E-state index is 11.8. The van der Waals surface area contributed by atoms with E-state index in [2.05, 4.69) is 17.6 Å². The van der Waals surface area contributed by atoms with Gasteiger partial charge in [0, 0.05) is 18.2 Å². The molecule has 2 N–H and O–H groups in total. The number of rotatable bonds is 9. The second-order valence-corrected chi connectivity index (χ2v) is 6.27. The van der Waals surface area contributed by atoms with Gasteiger partial charge in [0.25, 0.3) is 0 Å². The number of hydrogen-bond acceptors (Lipinski definition) is 3. The van der Waals surface area contributed by atoms with Crippen LogP contribution >= 0.6 is 12.2 Å². The quantitative estimate of drug-likeness (QED) is 0.509. The van der Waals surface area contributed by atoms with Crippen molar-refractivity contribution in [3.63, 3.8) is 0 Å². The number of thiocarbonyl (C=S) groups is 1. The SMILES string of the molecule is CCCCCCCC(=O)NC(=S)Nc1cccc(OC(C)C)c1. The molecule has 0 saturated carbocycles. The number of carbonyl (C=O) groups is 1. The molecular weight excluding hydrogens is 308 g/mol. The van der Waals surface area contributed by atoms with Crippen LogP contribution in [0.4, 0.5) is 5.69 Å². The van der Waals surface area contributed by atoms with Crippen molar-refractivity contribution in [3.8, 4) is 5.75 Å². The van der Waals surface area contributed by atoms with Gasteiger partial charge in [-0.1, -0.05) is 38.7 Å². The Bertz CT molecular complexity index is 504. The fraction of sp³-hybridized carbons (Fsp3) is 0.556. The molecule has 4 nitrogen and oxygen atoms in total. The van der Waals surface area contributed by atoms with E-state index in [1.807, 2.05) is 38.1 Å². The molecule has 0 unspecified atom stereocenters. The Morgan fingerprint density at radius 1 is 1.22 bits per heavy atom. The Labute approximate surface area is 145 Å². The van der Waals surface area contributed by atoms with Gasteiger partial charge in [0.1, 0.15) is 5.75 Å². The second-order valence-electron chi connectivity index (χ2n) is 5.86. The van der Waals surface area contributed by atoms with Crippen molar-refractivity contribution in [1.82, 2.24) is 5.32 Å². The average Bonchev–Trinajstić information content (AvgIpc) is 2.46. The lowest BCUT2D eigenvalue weighted by Gasteiger charge is -2.13. The summed E-state index contributed by atoms with van der Waals surface area (Å²) in [6.45, 7) is 6.13. The van der Waals surface area contributed by atoms with Crippen molar-refractivity contribution in [3.05, 3.63) is 24.3 Å². The van der Waals surface area contributed by atoms with Crippen molar-refractivity contribution in [2.45, 2.75) is 65.4 Å². The smallest absolute Gasteiger partial charge is 0.226 e. The van der Waals surface area contributed by atoms with Crippen molar-refractivity contribution in [2.24, 2.45) is 0 Å². The summed E-state index contributed by atoms with van der Waals surface area (Å²) >= 11 is 5.18. The van der Waals surface area contributed by atoms with Crippen LogP contribution in [0.1, 0.15) is 59.3 Å². The van der Waals surface area contributed by atoms with Gasteiger partial charge in [0.2, 0.25) is 5.91 Å². The van der Waals surface area contributed by atoms with Gasteiger partial charge >= 0.3 is 0 Å². The lowest BCUT2D eigenvalue weighted by molar-refractivity contribution is -0.119. The molecular formula is C18H28N2O2S. The lowest BCUT2D eigenvalue weighted by atomic mass is 10.1. The fourth-order valence-corrected chi connectivity index (χ4v) is 2.39. The molecule has 0 aromatic heterocycles. The van der Waals surface area contributed by atoms with E-state index in [9.17, 15) is 4.79 Å². The molecule has 0 fully saturated rings. The first-order valence-electron chi connectivity index (χ1n) is 8.38. The summed E-state index contributed by atoms with van der Waals surface area (Å²) in [4.78, 5) is 11.8. The van der Waals surface area contributed by atoms with Crippen LogP contribution < -0.4 is 15.4 Å². The molecule has 0 aliphatic rings. The minimum atomic E-state index is -0.0337. The molecule has 5 heteroatoms. The number of carbonyl (C=O) groups excluding carboxylic acids is 1. The molecule has 0 aliphatic carbocycles. The number of amides is 1. The highest BCUT2D eigenvalue weighted by molar-refractivity contribution is 7.80. The number of benzene rings is 1.